The standard InChI is InChI=1S/C14H17N3O/c1-16-12-3-2-4-13(11(12)5-6-14(16)18)17-9-7-15-8-10-17/h2-6,15H,7-10H2,1H3. The van der Waals surface area contributed by atoms with Crippen LogP contribution >= 0.6 is 0 Å². The molecule has 1 fully saturated rings. The maximum atomic E-state index is 11.7. The number of hydrogen-bond donors (Lipinski definition) is 1. The zero-order valence-electron chi connectivity index (χ0n) is 10.5. The molecule has 0 saturated carbocycles. The zero-order chi connectivity index (χ0) is 12.5. The Hall–Kier alpha value is -1.81. The van der Waals surface area contributed by atoms with Crippen molar-refractivity contribution in [2.24, 2.45) is 7.05 Å². The Morgan fingerprint density at radius 2 is 1.89 bits per heavy atom. The Bertz CT molecular complexity index is 626. The van der Waals surface area contributed by atoms with Gasteiger partial charge in [-0.1, -0.05) is 6.07 Å². The van der Waals surface area contributed by atoms with Crippen molar-refractivity contribution in [2.45, 2.75) is 0 Å². The molecule has 1 aliphatic rings. The number of nitrogens with zero attached hydrogens (tertiary/aromatic N) is 2. The van der Waals surface area contributed by atoms with Crippen LogP contribution in [-0.4, -0.2) is 30.7 Å². The highest BCUT2D eigenvalue weighted by molar-refractivity contribution is 5.92. The van der Waals surface area contributed by atoms with Gasteiger partial charge in [0.05, 0.1) is 5.52 Å². The third-order valence-electron chi connectivity index (χ3n) is 3.60. The van der Waals surface area contributed by atoms with Crippen LogP contribution in [0.1, 0.15) is 0 Å². The first-order valence-corrected chi connectivity index (χ1v) is 6.32. The Morgan fingerprint density at radius 3 is 2.67 bits per heavy atom. The van der Waals surface area contributed by atoms with Crippen LogP contribution in [0.25, 0.3) is 10.9 Å². The van der Waals surface area contributed by atoms with E-state index >= 15 is 0 Å². The first-order valence-electron chi connectivity index (χ1n) is 6.32. The van der Waals surface area contributed by atoms with Gasteiger partial charge >= 0.3 is 0 Å². The SMILES string of the molecule is Cn1c(=O)ccc2c(N3CCNCC3)cccc21. The van der Waals surface area contributed by atoms with Crippen molar-refractivity contribution >= 4 is 16.6 Å². The van der Waals surface area contributed by atoms with E-state index in [1.165, 1.54) is 5.69 Å². The largest absolute Gasteiger partial charge is 0.368 e. The van der Waals surface area contributed by atoms with Crippen LogP contribution in [-0.2, 0) is 7.05 Å². The Balaban J connectivity index is 2.17. The molecular weight excluding hydrogens is 226 g/mol. The topological polar surface area (TPSA) is 37.3 Å². The molecule has 4 heteroatoms. The van der Waals surface area contributed by atoms with Crippen LogP contribution in [0.2, 0.25) is 0 Å². The number of nitrogens with one attached hydrogen (secondary N) is 1. The summed E-state index contributed by atoms with van der Waals surface area (Å²) in [7, 11) is 1.83. The smallest absolute Gasteiger partial charge is 0.250 e. The summed E-state index contributed by atoms with van der Waals surface area (Å²) in [6, 6.07) is 9.75. The molecule has 0 amide bonds. The van der Waals surface area contributed by atoms with Crippen LogP contribution in [0.5, 0.6) is 0 Å². The van der Waals surface area contributed by atoms with Gasteiger partial charge in [-0.3, -0.25) is 4.79 Å². The van der Waals surface area contributed by atoms with E-state index in [4.69, 9.17) is 0 Å². The monoisotopic (exact) mass is 243 g/mol. The summed E-state index contributed by atoms with van der Waals surface area (Å²) < 4.78 is 1.71. The maximum Gasteiger partial charge on any atom is 0.250 e. The van der Waals surface area contributed by atoms with E-state index in [1.54, 1.807) is 10.6 Å². The van der Waals surface area contributed by atoms with Crippen molar-refractivity contribution < 1.29 is 0 Å². The van der Waals surface area contributed by atoms with Gasteiger partial charge in [0.15, 0.2) is 0 Å². The molecule has 1 N–H and O–H groups in total. The van der Waals surface area contributed by atoms with Gasteiger partial charge in [0.1, 0.15) is 0 Å². The average Bonchev–Trinajstić information content (AvgIpc) is 2.43. The molecule has 1 saturated heterocycles. The zero-order valence-corrected chi connectivity index (χ0v) is 10.5. The molecule has 94 valence electrons. The van der Waals surface area contributed by atoms with Gasteiger partial charge in [-0.05, 0) is 18.2 Å². The second kappa shape index (κ2) is 4.46. The predicted octanol–water partition coefficient (Wildman–Crippen LogP) is 0.948. The molecule has 1 aliphatic heterocycles. The lowest BCUT2D eigenvalue weighted by molar-refractivity contribution is 0.590. The van der Waals surface area contributed by atoms with Gasteiger partial charge in [-0.2, -0.15) is 0 Å². The molecule has 3 rings (SSSR count). The second-order valence-corrected chi connectivity index (χ2v) is 4.68. The highest BCUT2D eigenvalue weighted by Gasteiger charge is 2.13. The second-order valence-electron chi connectivity index (χ2n) is 4.68. The Kier molecular flexibility index (Phi) is 2.80. The molecule has 1 aromatic heterocycles. The van der Waals surface area contributed by atoms with E-state index in [0.717, 1.165) is 37.1 Å². The highest BCUT2D eigenvalue weighted by Crippen LogP contribution is 2.25. The van der Waals surface area contributed by atoms with E-state index in [1.807, 2.05) is 25.2 Å². The van der Waals surface area contributed by atoms with Gasteiger partial charge in [-0.25, -0.2) is 0 Å². The molecular formula is C14H17N3O. The van der Waals surface area contributed by atoms with Crippen LogP contribution in [0, 0.1) is 0 Å². The number of pyridine rings is 1. The minimum absolute atomic E-state index is 0.0416. The summed E-state index contributed by atoms with van der Waals surface area (Å²) >= 11 is 0. The van der Waals surface area contributed by atoms with Crippen molar-refractivity contribution in [3.63, 3.8) is 0 Å². The van der Waals surface area contributed by atoms with Gasteiger partial charge in [0, 0.05) is 50.4 Å². The van der Waals surface area contributed by atoms with Crippen molar-refractivity contribution in [3.8, 4) is 0 Å². The number of aryl methyl sites for hydroxylation is 1. The molecule has 1 aromatic carbocycles. The predicted molar refractivity (Wildman–Crippen MR) is 74.3 cm³/mol. The van der Waals surface area contributed by atoms with Crippen molar-refractivity contribution in [1.29, 1.82) is 0 Å². The lowest BCUT2D eigenvalue weighted by atomic mass is 10.1. The molecule has 2 heterocycles. The molecule has 4 nitrogen and oxygen atoms in total. The quantitative estimate of drug-likeness (QED) is 0.810. The van der Waals surface area contributed by atoms with Gasteiger partial charge < -0.3 is 14.8 Å². The number of hydrogen-bond acceptors (Lipinski definition) is 3. The van der Waals surface area contributed by atoms with Crippen LogP contribution in [0.15, 0.2) is 35.1 Å². The normalized spacial score (nSPS) is 16.2. The number of benzene rings is 1. The highest BCUT2D eigenvalue weighted by atomic mass is 16.1. The number of piperazine rings is 1. The Labute approximate surface area is 106 Å². The maximum absolute atomic E-state index is 11.7. The van der Waals surface area contributed by atoms with Gasteiger partial charge in [0.25, 0.3) is 5.56 Å². The molecule has 0 spiro atoms. The third kappa shape index (κ3) is 1.78. The number of rotatable bonds is 1. The molecule has 0 bridgehead atoms. The molecule has 0 radical (unpaired) electrons. The minimum Gasteiger partial charge on any atom is -0.368 e. The summed E-state index contributed by atoms with van der Waals surface area (Å²) in [5.74, 6) is 0. The summed E-state index contributed by atoms with van der Waals surface area (Å²) in [4.78, 5) is 14.0. The minimum atomic E-state index is 0.0416. The first-order chi connectivity index (χ1) is 8.77. The van der Waals surface area contributed by atoms with E-state index in [9.17, 15) is 4.79 Å². The molecule has 0 atom stereocenters. The molecule has 0 aliphatic carbocycles. The third-order valence-corrected chi connectivity index (χ3v) is 3.60. The fraction of sp³-hybridized carbons (Fsp3) is 0.357. The van der Waals surface area contributed by atoms with E-state index in [-0.39, 0.29) is 5.56 Å². The van der Waals surface area contributed by atoms with E-state index < -0.39 is 0 Å². The summed E-state index contributed by atoms with van der Waals surface area (Å²) in [5, 5.41) is 4.51. The molecule has 18 heavy (non-hydrogen) atoms. The van der Waals surface area contributed by atoms with Crippen LogP contribution < -0.4 is 15.8 Å². The number of fused-ring (bicyclic) bond motifs is 1. The fourth-order valence-electron chi connectivity index (χ4n) is 2.57. The van der Waals surface area contributed by atoms with Gasteiger partial charge in [-0.15, -0.1) is 0 Å². The fourth-order valence-corrected chi connectivity index (χ4v) is 2.57. The lowest BCUT2D eigenvalue weighted by Crippen LogP contribution is -2.43. The van der Waals surface area contributed by atoms with E-state index in [2.05, 4.69) is 16.3 Å². The van der Waals surface area contributed by atoms with Crippen molar-refractivity contribution in [2.75, 3.05) is 31.1 Å². The number of anilines is 1. The summed E-state index contributed by atoms with van der Waals surface area (Å²) in [6.07, 6.45) is 0. The van der Waals surface area contributed by atoms with Crippen molar-refractivity contribution in [3.05, 3.63) is 40.7 Å². The van der Waals surface area contributed by atoms with E-state index in [0.29, 0.717) is 0 Å². The average molecular weight is 243 g/mol. The van der Waals surface area contributed by atoms with Crippen LogP contribution in [0.4, 0.5) is 5.69 Å². The summed E-state index contributed by atoms with van der Waals surface area (Å²) in [5.41, 5.74) is 2.27. The van der Waals surface area contributed by atoms with Crippen LogP contribution in [0.3, 0.4) is 0 Å². The molecule has 0 unspecified atom stereocenters. The summed E-state index contributed by atoms with van der Waals surface area (Å²) in [6.45, 7) is 4.06. The molecule has 2 aromatic rings. The van der Waals surface area contributed by atoms with Gasteiger partial charge in [0.2, 0.25) is 0 Å². The number of aromatic nitrogens is 1. The van der Waals surface area contributed by atoms with Crippen molar-refractivity contribution in [1.82, 2.24) is 9.88 Å². The lowest BCUT2D eigenvalue weighted by Gasteiger charge is -2.30. The Morgan fingerprint density at radius 1 is 1.11 bits per heavy atom. The first kappa shape index (κ1) is 11.3.